The molecular weight excluding hydrogens is 236 g/mol. The first-order valence-electron chi connectivity index (χ1n) is 7.07. The Morgan fingerprint density at radius 1 is 1.21 bits per heavy atom. The Balaban J connectivity index is 2.26. The maximum Gasteiger partial charge on any atom is 0.221 e. The average molecular weight is 262 g/mol. The highest BCUT2D eigenvalue weighted by Crippen LogP contribution is 2.17. The summed E-state index contributed by atoms with van der Waals surface area (Å²) in [5, 5.41) is 6.27. The fourth-order valence-electron chi connectivity index (χ4n) is 1.84. The van der Waals surface area contributed by atoms with Crippen LogP contribution in [0.4, 0.5) is 5.69 Å². The van der Waals surface area contributed by atoms with Crippen LogP contribution in [0.25, 0.3) is 0 Å². The van der Waals surface area contributed by atoms with Crippen LogP contribution in [0.3, 0.4) is 0 Å². The van der Waals surface area contributed by atoms with E-state index in [4.69, 9.17) is 0 Å². The van der Waals surface area contributed by atoms with Crippen molar-refractivity contribution in [3.63, 3.8) is 0 Å². The predicted octanol–water partition coefficient (Wildman–Crippen LogP) is 3.27. The van der Waals surface area contributed by atoms with Crippen molar-refractivity contribution >= 4 is 11.6 Å². The smallest absolute Gasteiger partial charge is 0.221 e. The zero-order valence-electron chi connectivity index (χ0n) is 12.5. The van der Waals surface area contributed by atoms with Crippen molar-refractivity contribution in [2.75, 3.05) is 18.4 Å². The molecule has 2 N–H and O–H groups in total. The molecule has 0 aliphatic heterocycles. The number of nitrogens with one attached hydrogen (secondary N) is 2. The molecule has 19 heavy (non-hydrogen) atoms. The lowest BCUT2D eigenvalue weighted by atomic mass is 10.1. The van der Waals surface area contributed by atoms with Gasteiger partial charge in [0.15, 0.2) is 0 Å². The maximum absolute atomic E-state index is 11.6. The Hall–Kier alpha value is -1.51. The molecule has 0 aliphatic rings. The number of carbonyl (C=O) groups excluding carboxylic acids is 1. The van der Waals surface area contributed by atoms with E-state index in [9.17, 15) is 4.79 Å². The number of hydrogen-bond donors (Lipinski definition) is 2. The van der Waals surface area contributed by atoms with Crippen molar-refractivity contribution in [1.82, 2.24) is 5.32 Å². The van der Waals surface area contributed by atoms with Gasteiger partial charge in [0.05, 0.1) is 0 Å². The zero-order valence-corrected chi connectivity index (χ0v) is 12.5. The quantitative estimate of drug-likeness (QED) is 0.792. The average Bonchev–Trinajstić information content (AvgIpc) is 2.34. The first-order valence-corrected chi connectivity index (χ1v) is 7.07. The summed E-state index contributed by atoms with van der Waals surface area (Å²) in [7, 11) is 0. The molecule has 0 radical (unpaired) electrons. The minimum atomic E-state index is 0.124. The minimum absolute atomic E-state index is 0.124. The zero-order chi connectivity index (χ0) is 14.3. The lowest BCUT2D eigenvalue weighted by Gasteiger charge is -2.11. The lowest BCUT2D eigenvalue weighted by Crippen LogP contribution is -2.27. The van der Waals surface area contributed by atoms with E-state index in [1.54, 1.807) is 0 Å². The van der Waals surface area contributed by atoms with E-state index in [-0.39, 0.29) is 5.91 Å². The molecule has 3 heteroatoms. The van der Waals surface area contributed by atoms with Gasteiger partial charge in [-0.05, 0) is 43.4 Å². The van der Waals surface area contributed by atoms with Crippen LogP contribution in [0.2, 0.25) is 0 Å². The molecule has 0 aromatic heterocycles. The summed E-state index contributed by atoms with van der Waals surface area (Å²) < 4.78 is 0. The Morgan fingerprint density at radius 2 is 1.95 bits per heavy atom. The summed E-state index contributed by atoms with van der Waals surface area (Å²) >= 11 is 0. The summed E-state index contributed by atoms with van der Waals surface area (Å²) in [6, 6.07) is 6.19. The SMILES string of the molecule is Cc1cccc(NCCC(=O)NCCC(C)C)c1C. The van der Waals surface area contributed by atoms with Crippen LogP contribution in [-0.2, 0) is 4.79 Å². The van der Waals surface area contributed by atoms with Crippen molar-refractivity contribution in [1.29, 1.82) is 0 Å². The van der Waals surface area contributed by atoms with Crippen molar-refractivity contribution in [3.05, 3.63) is 29.3 Å². The van der Waals surface area contributed by atoms with Crippen LogP contribution < -0.4 is 10.6 Å². The molecule has 0 fully saturated rings. The third-order valence-corrected chi connectivity index (χ3v) is 3.32. The normalized spacial score (nSPS) is 10.6. The number of rotatable bonds is 7. The number of anilines is 1. The van der Waals surface area contributed by atoms with E-state index in [1.165, 1.54) is 11.1 Å². The third-order valence-electron chi connectivity index (χ3n) is 3.32. The second-order valence-corrected chi connectivity index (χ2v) is 5.46. The van der Waals surface area contributed by atoms with Crippen LogP contribution in [0.15, 0.2) is 18.2 Å². The molecular formula is C16H26N2O. The van der Waals surface area contributed by atoms with Crippen LogP contribution >= 0.6 is 0 Å². The van der Waals surface area contributed by atoms with Crippen molar-refractivity contribution in [3.8, 4) is 0 Å². The third kappa shape index (κ3) is 5.77. The molecule has 0 saturated heterocycles. The van der Waals surface area contributed by atoms with Crippen molar-refractivity contribution in [2.24, 2.45) is 5.92 Å². The fraction of sp³-hybridized carbons (Fsp3) is 0.562. The number of carbonyl (C=O) groups is 1. The van der Waals surface area contributed by atoms with Gasteiger partial charge in [-0.25, -0.2) is 0 Å². The van der Waals surface area contributed by atoms with E-state index < -0.39 is 0 Å². The topological polar surface area (TPSA) is 41.1 Å². The molecule has 0 bridgehead atoms. The van der Waals surface area contributed by atoms with Crippen molar-refractivity contribution in [2.45, 2.75) is 40.5 Å². The van der Waals surface area contributed by atoms with Gasteiger partial charge >= 0.3 is 0 Å². The highest BCUT2D eigenvalue weighted by atomic mass is 16.1. The van der Waals surface area contributed by atoms with Crippen LogP contribution in [0.1, 0.15) is 37.8 Å². The molecule has 1 rings (SSSR count). The standard InChI is InChI=1S/C16H26N2O/c1-12(2)8-10-18-16(19)9-11-17-15-7-5-6-13(3)14(15)4/h5-7,12,17H,8-11H2,1-4H3,(H,18,19). The molecule has 0 saturated carbocycles. The summed E-state index contributed by atoms with van der Waals surface area (Å²) in [6.07, 6.45) is 1.56. The molecule has 0 heterocycles. The molecule has 106 valence electrons. The second-order valence-electron chi connectivity index (χ2n) is 5.46. The molecule has 1 amide bonds. The first kappa shape index (κ1) is 15.5. The molecule has 3 nitrogen and oxygen atoms in total. The highest BCUT2D eigenvalue weighted by molar-refractivity contribution is 5.76. The van der Waals surface area contributed by atoms with Gasteiger partial charge in [0.1, 0.15) is 0 Å². The van der Waals surface area contributed by atoms with Crippen LogP contribution in [0.5, 0.6) is 0 Å². The van der Waals surface area contributed by atoms with Gasteiger partial charge in [-0.3, -0.25) is 4.79 Å². The van der Waals surface area contributed by atoms with E-state index in [1.807, 2.05) is 6.07 Å². The summed E-state index contributed by atoms with van der Waals surface area (Å²) in [6.45, 7) is 9.97. The predicted molar refractivity (Wildman–Crippen MR) is 81.5 cm³/mol. The summed E-state index contributed by atoms with van der Waals surface area (Å²) in [5.41, 5.74) is 3.64. The number of benzene rings is 1. The first-order chi connectivity index (χ1) is 9.00. The van der Waals surface area contributed by atoms with E-state index in [0.29, 0.717) is 18.9 Å². The largest absolute Gasteiger partial charge is 0.384 e. The van der Waals surface area contributed by atoms with E-state index in [2.05, 4.69) is 50.5 Å². The molecule has 0 unspecified atom stereocenters. The lowest BCUT2D eigenvalue weighted by molar-refractivity contribution is -0.120. The fourth-order valence-corrected chi connectivity index (χ4v) is 1.84. The monoisotopic (exact) mass is 262 g/mol. The Bertz CT molecular complexity index is 413. The van der Waals surface area contributed by atoms with Gasteiger partial charge in [-0.15, -0.1) is 0 Å². The molecule has 1 aromatic rings. The van der Waals surface area contributed by atoms with E-state index >= 15 is 0 Å². The van der Waals surface area contributed by atoms with Gasteiger partial charge in [0.25, 0.3) is 0 Å². The number of aryl methyl sites for hydroxylation is 1. The Kier molecular flexibility index (Phi) is 6.40. The molecule has 0 aliphatic carbocycles. The van der Waals surface area contributed by atoms with Gasteiger partial charge in [0, 0.05) is 25.2 Å². The Labute approximate surface area is 116 Å². The van der Waals surface area contributed by atoms with Gasteiger partial charge in [0.2, 0.25) is 5.91 Å². The molecule has 0 spiro atoms. The summed E-state index contributed by atoms with van der Waals surface area (Å²) in [5.74, 6) is 0.756. The van der Waals surface area contributed by atoms with Gasteiger partial charge in [-0.2, -0.15) is 0 Å². The van der Waals surface area contributed by atoms with Crippen LogP contribution in [0, 0.1) is 19.8 Å². The van der Waals surface area contributed by atoms with E-state index in [0.717, 1.165) is 18.7 Å². The number of amides is 1. The minimum Gasteiger partial charge on any atom is -0.384 e. The highest BCUT2D eigenvalue weighted by Gasteiger charge is 2.03. The maximum atomic E-state index is 11.6. The van der Waals surface area contributed by atoms with Crippen molar-refractivity contribution < 1.29 is 4.79 Å². The Morgan fingerprint density at radius 3 is 2.63 bits per heavy atom. The summed E-state index contributed by atoms with van der Waals surface area (Å²) in [4.78, 5) is 11.6. The molecule has 0 atom stereocenters. The van der Waals surface area contributed by atoms with Crippen LogP contribution in [-0.4, -0.2) is 19.0 Å². The number of hydrogen-bond acceptors (Lipinski definition) is 2. The van der Waals surface area contributed by atoms with Gasteiger partial charge in [-0.1, -0.05) is 26.0 Å². The molecule has 1 aromatic carbocycles. The van der Waals surface area contributed by atoms with Gasteiger partial charge < -0.3 is 10.6 Å². The second kappa shape index (κ2) is 7.82.